The van der Waals surface area contributed by atoms with Crippen molar-refractivity contribution in [2.75, 3.05) is 31.7 Å². The summed E-state index contributed by atoms with van der Waals surface area (Å²) in [5, 5.41) is 12.6. The van der Waals surface area contributed by atoms with Gasteiger partial charge in [0.2, 0.25) is 0 Å². The molecular weight excluding hydrogens is 228 g/mol. The minimum atomic E-state index is 0.232. The van der Waals surface area contributed by atoms with Gasteiger partial charge in [-0.1, -0.05) is 6.07 Å². The lowest BCUT2D eigenvalue weighted by Gasteiger charge is -2.39. The number of aliphatic hydroxyl groups excluding tert-OH is 1. The van der Waals surface area contributed by atoms with Crippen molar-refractivity contribution in [1.29, 1.82) is 0 Å². The molecule has 1 fully saturated rings. The molecule has 0 aromatic heterocycles. The predicted octanol–water partition coefficient (Wildman–Crippen LogP) is 1.24. The summed E-state index contributed by atoms with van der Waals surface area (Å²) in [7, 11) is 1.69. The molecule has 2 unspecified atom stereocenters. The predicted molar refractivity (Wildman–Crippen MR) is 73.3 cm³/mol. The topological polar surface area (TPSA) is 44.7 Å². The number of nitrogens with one attached hydrogen (secondary N) is 1. The van der Waals surface area contributed by atoms with Crippen LogP contribution in [0.4, 0.5) is 5.69 Å². The number of piperazine rings is 1. The summed E-state index contributed by atoms with van der Waals surface area (Å²) in [5.74, 6) is 0.886. The van der Waals surface area contributed by atoms with Crippen LogP contribution in [-0.4, -0.2) is 44.0 Å². The van der Waals surface area contributed by atoms with Crippen molar-refractivity contribution < 1.29 is 9.84 Å². The van der Waals surface area contributed by atoms with Gasteiger partial charge in [0.15, 0.2) is 0 Å². The molecule has 1 aliphatic rings. The summed E-state index contributed by atoms with van der Waals surface area (Å²) in [4.78, 5) is 2.35. The van der Waals surface area contributed by atoms with E-state index in [4.69, 9.17) is 9.84 Å². The molecule has 0 spiro atoms. The van der Waals surface area contributed by atoms with Gasteiger partial charge in [0.05, 0.1) is 7.11 Å². The van der Waals surface area contributed by atoms with Crippen LogP contribution in [0.2, 0.25) is 0 Å². The number of benzene rings is 1. The molecule has 0 amide bonds. The van der Waals surface area contributed by atoms with Crippen molar-refractivity contribution in [3.05, 3.63) is 24.3 Å². The van der Waals surface area contributed by atoms with Crippen molar-refractivity contribution in [3.8, 4) is 5.75 Å². The van der Waals surface area contributed by atoms with Gasteiger partial charge >= 0.3 is 0 Å². The molecule has 2 rings (SSSR count). The van der Waals surface area contributed by atoms with Crippen LogP contribution in [0.15, 0.2) is 24.3 Å². The fourth-order valence-corrected chi connectivity index (χ4v) is 2.53. The van der Waals surface area contributed by atoms with Crippen molar-refractivity contribution in [1.82, 2.24) is 5.32 Å². The first kappa shape index (κ1) is 13.2. The fourth-order valence-electron chi connectivity index (χ4n) is 2.53. The fraction of sp³-hybridized carbons (Fsp3) is 0.571. The minimum Gasteiger partial charge on any atom is -0.497 e. The quantitative estimate of drug-likeness (QED) is 0.844. The summed E-state index contributed by atoms with van der Waals surface area (Å²) < 4.78 is 5.26. The second-order valence-electron chi connectivity index (χ2n) is 4.88. The number of rotatable bonds is 4. The highest BCUT2D eigenvalue weighted by Crippen LogP contribution is 2.23. The third kappa shape index (κ3) is 3.15. The van der Waals surface area contributed by atoms with Gasteiger partial charge in [-0.25, -0.2) is 0 Å². The summed E-state index contributed by atoms with van der Waals surface area (Å²) in [5.41, 5.74) is 1.19. The Morgan fingerprint density at radius 2 is 2.28 bits per heavy atom. The number of aliphatic hydroxyl groups is 1. The number of hydrogen-bond donors (Lipinski definition) is 2. The zero-order valence-electron chi connectivity index (χ0n) is 11.1. The van der Waals surface area contributed by atoms with E-state index in [9.17, 15) is 0 Å². The van der Waals surface area contributed by atoms with Gasteiger partial charge in [-0.15, -0.1) is 0 Å². The van der Waals surface area contributed by atoms with E-state index in [1.54, 1.807) is 7.11 Å². The summed E-state index contributed by atoms with van der Waals surface area (Å²) in [6, 6.07) is 8.93. The maximum absolute atomic E-state index is 9.07. The molecule has 0 radical (unpaired) electrons. The molecule has 4 heteroatoms. The van der Waals surface area contributed by atoms with E-state index in [2.05, 4.69) is 29.3 Å². The Morgan fingerprint density at radius 1 is 1.44 bits per heavy atom. The lowest BCUT2D eigenvalue weighted by molar-refractivity contribution is 0.250. The van der Waals surface area contributed by atoms with Crippen LogP contribution in [0.1, 0.15) is 13.3 Å². The van der Waals surface area contributed by atoms with Crippen molar-refractivity contribution in [2.24, 2.45) is 0 Å². The monoisotopic (exact) mass is 250 g/mol. The van der Waals surface area contributed by atoms with Crippen LogP contribution >= 0.6 is 0 Å². The number of ether oxygens (including phenoxy) is 1. The van der Waals surface area contributed by atoms with Gasteiger partial charge < -0.3 is 20.1 Å². The first-order valence-electron chi connectivity index (χ1n) is 6.49. The summed E-state index contributed by atoms with van der Waals surface area (Å²) >= 11 is 0. The molecule has 0 bridgehead atoms. The maximum atomic E-state index is 9.07. The van der Waals surface area contributed by atoms with Crippen LogP contribution in [0, 0.1) is 0 Å². The van der Waals surface area contributed by atoms with Crippen LogP contribution in [0.5, 0.6) is 5.75 Å². The highest BCUT2D eigenvalue weighted by molar-refractivity contribution is 5.51. The zero-order valence-corrected chi connectivity index (χ0v) is 11.1. The smallest absolute Gasteiger partial charge is 0.120 e. The van der Waals surface area contributed by atoms with Gasteiger partial charge in [-0.3, -0.25) is 0 Å². The molecule has 0 aliphatic carbocycles. The maximum Gasteiger partial charge on any atom is 0.120 e. The van der Waals surface area contributed by atoms with Crippen molar-refractivity contribution in [2.45, 2.75) is 25.4 Å². The van der Waals surface area contributed by atoms with Crippen LogP contribution < -0.4 is 15.0 Å². The Morgan fingerprint density at radius 3 is 3.00 bits per heavy atom. The molecular formula is C14H22N2O2. The third-order valence-corrected chi connectivity index (χ3v) is 3.35. The lowest BCUT2D eigenvalue weighted by atomic mass is 10.1. The van der Waals surface area contributed by atoms with Crippen LogP contribution in [0.25, 0.3) is 0 Å². The number of anilines is 1. The summed E-state index contributed by atoms with van der Waals surface area (Å²) in [6.45, 7) is 4.32. The van der Waals surface area contributed by atoms with E-state index in [1.165, 1.54) is 5.69 Å². The van der Waals surface area contributed by atoms with E-state index in [0.717, 1.165) is 25.3 Å². The third-order valence-electron chi connectivity index (χ3n) is 3.35. The van der Waals surface area contributed by atoms with Gasteiger partial charge in [-0.2, -0.15) is 0 Å². The molecule has 100 valence electrons. The molecule has 1 aliphatic heterocycles. The van der Waals surface area contributed by atoms with E-state index in [-0.39, 0.29) is 6.61 Å². The van der Waals surface area contributed by atoms with E-state index >= 15 is 0 Å². The van der Waals surface area contributed by atoms with Crippen molar-refractivity contribution in [3.63, 3.8) is 0 Å². The molecule has 1 aromatic carbocycles. The highest BCUT2D eigenvalue weighted by Gasteiger charge is 2.23. The highest BCUT2D eigenvalue weighted by atomic mass is 16.5. The van der Waals surface area contributed by atoms with E-state index in [1.807, 2.05) is 12.1 Å². The zero-order chi connectivity index (χ0) is 13.0. The second-order valence-corrected chi connectivity index (χ2v) is 4.88. The molecule has 1 aromatic rings. The minimum absolute atomic E-state index is 0.232. The van der Waals surface area contributed by atoms with E-state index in [0.29, 0.717) is 12.1 Å². The average molecular weight is 250 g/mol. The Labute approximate surface area is 109 Å². The molecule has 2 N–H and O–H groups in total. The molecule has 1 saturated heterocycles. The first-order chi connectivity index (χ1) is 8.72. The molecule has 18 heavy (non-hydrogen) atoms. The summed E-state index contributed by atoms with van der Waals surface area (Å²) in [6.07, 6.45) is 0.796. The van der Waals surface area contributed by atoms with Crippen LogP contribution in [0.3, 0.4) is 0 Å². The number of nitrogens with zero attached hydrogens (tertiary/aromatic N) is 1. The van der Waals surface area contributed by atoms with Crippen molar-refractivity contribution >= 4 is 5.69 Å². The standard InChI is InChI=1S/C14H22N2O2/c1-11-9-16(10-12(15-11)6-7-17)13-4-3-5-14(8-13)18-2/h3-5,8,11-12,15,17H,6-7,9-10H2,1-2H3. The first-order valence-corrected chi connectivity index (χ1v) is 6.49. The largest absolute Gasteiger partial charge is 0.497 e. The Balaban J connectivity index is 2.10. The van der Waals surface area contributed by atoms with Gasteiger partial charge in [0.25, 0.3) is 0 Å². The Kier molecular flexibility index (Phi) is 4.44. The second kappa shape index (κ2) is 6.07. The van der Waals surface area contributed by atoms with Gasteiger partial charge in [0.1, 0.15) is 5.75 Å². The SMILES string of the molecule is COc1cccc(N2CC(C)NC(CCO)C2)c1. The molecule has 2 atom stereocenters. The molecule has 0 saturated carbocycles. The van der Waals surface area contributed by atoms with Gasteiger partial charge in [-0.05, 0) is 25.5 Å². The Hall–Kier alpha value is -1.26. The normalized spacial score (nSPS) is 24.1. The number of hydrogen-bond acceptors (Lipinski definition) is 4. The molecule has 4 nitrogen and oxygen atoms in total. The van der Waals surface area contributed by atoms with Crippen LogP contribution in [-0.2, 0) is 0 Å². The molecule has 1 heterocycles. The number of methoxy groups -OCH3 is 1. The average Bonchev–Trinajstić information content (AvgIpc) is 2.38. The van der Waals surface area contributed by atoms with Gasteiger partial charge in [0, 0.05) is 43.5 Å². The van der Waals surface area contributed by atoms with E-state index < -0.39 is 0 Å². The lowest BCUT2D eigenvalue weighted by Crippen LogP contribution is -2.55. The Bertz CT molecular complexity index is 384.